The van der Waals surface area contributed by atoms with Gasteiger partial charge in [0.1, 0.15) is 5.82 Å². The first-order valence-electron chi connectivity index (χ1n) is 14.3. The summed E-state index contributed by atoms with van der Waals surface area (Å²) in [6, 6.07) is 13.8. The number of nitrogens with one attached hydrogen (secondary N) is 3. The van der Waals surface area contributed by atoms with Gasteiger partial charge in [0, 0.05) is 67.8 Å². The minimum absolute atomic E-state index is 0.150. The molecule has 42 heavy (non-hydrogen) atoms. The average Bonchev–Trinajstić information content (AvgIpc) is 3.02. The summed E-state index contributed by atoms with van der Waals surface area (Å²) in [7, 11) is 3.90. The number of ether oxygens (including phenoxy) is 2. The molecule has 0 radical (unpaired) electrons. The maximum absolute atomic E-state index is 12.6. The molecule has 1 aromatic heterocycles. The highest BCUT2D eigenvalue weighted by molar-refractivity contribution is 6.00. The van der Waals surface area contributed by atoms with Crippen LogP contribution in [0.2, 0.25) is 0 Å². The van der Waals surface area contributed by atoms with Crippen molar-refractivity contribution < 1.29 is 19.1 Å². The quantitative estimate of drug-likeness (QED) is 0.352. The van der Waals surface area contributed by atoms with E-state index in [0.29, 0.717) is 61.7 Å². The van der Waals surface area contributed by atoms with Crippen LogP contribution >= 0.6 is 0 Å². The second-order valence-electron chi connectivity index (χ2n) is 10.6. The smallest absolute Gasteiger partial charge is 0.323 e. The molecule has 3 amide bonds. The van der Waals surface area contributed by atoms with Gasteiger partial charge in [-0.2, -0.15) is 9.97 Å². The van der Waals surface area contributed by atoms with E-state index in [2.05, 4.69) is 20.9 Å². The number of aromatic nitrogens is 3. The number of rotatable bonds is 9. The van der Waals surface area contributed by atoms with Crippen molar-refractivity contribution in [2.75, 3.05) is 82.2 Å². The van der Waals surface area contributed by atoms with Gasteiger partial charge in [0.2, 0.25) is 5.95 Å². The van der Waals surface area contributed by atoms with Crippen LogP contribution in [0.4, 0.5) is 22.1 Å². The molecule has 0 bridgehead atoms. The number of nitrogens with zero attached hydrogens (tertiary/aromatic N) is 5. The number of carbonyl (C=O) groups excluding carboxylic acids is 2. The molecule has 2 aromatic carbocycles. The van der Waals surface area contributed by atoms with E-state index in [-0.39, 0.29) is 17.9 Å². The molecule has 2 saturated heterocycles. The lowest BCUT2D eigenvalue weighted by molar-refractivity contribution is 0.0835. The second-order valence-corrected chi connectivity index (χ2v) is 10.6. The van der Waals surface area contributed by atoms with Crippen LogP contribution < -0.4 is 20.9 Å². The lowest BCUT2D eigenvalue weighted by atomic mass is 9.99. The van der Waals surface area contributed by atoms with Gasteiger partial charge >= 0.3 is 6.03 Å². The highest BCUT2D eigenvalue weighted by Crippen LogP contribution is 2.28. The van der Waals surface area contributed by atoms with Crippen molar-refractivity contribution in [2.45, 2.75) is 18.8 Å². The zero-order valence-corrected chi connectivity index (χ0v) is 24.1. The van der Waals surface area contributed by atoms with Crippen LogP contribution in [-0.2, 0) is 9.47 Å². The standard InChI is InChI=1S/C30H38N8O4/c1-37(2)14-13-31-28(39)23-5-9-25(10-6-23)33-30(40)32-24-7-3-21(4-8-24)26-34-27(22-11-17-41-18-12-22)36-29(35-26)38-15-19-42-20-16-38/h3-10,22H,11-20H2,1-2H3,(H,31,39)(H2,32,33,40). The molecule has 0 atom stereocenters. The average molecular weight is 575 g/mol. The molecule has 2 aliphatic heterocycles. The second kappa shape index (κ2) is 14.2. The van der Waals surface area contributed by atoms with Crippen molar-refractivity contribution in [1.82, 2.24) is 25.2 Å². The SMILES string of the molecule is CN(C)CCNC(=O)c1ccc(NC(=O)Nc2ccc(-c3nc(C4CCOCC4)nc(N4CCOCC4)n3)cc2)cc1. The van der Waals surface area contributed by atoms with Gasteiger partial charge in [0.05, 0.1) is 13.2 Å². The number of hydrogen-bond acceptors (Lipinski definition) is 9. The molecular weight excluding hydrogens is 536 g/mol. The van der Waals surface area contributed by atoms with Crippen molar-refractivity contribution in [3.05, 3.63) is 59.9 Å². The van der Waals surface area contributed by atoms with Gasteiger partial charge in [-0.15, -0.1) is 0 Å². The number of likely N-dealkylation sites (N-methyl/N-ethyl adjacent to an activating group) is 1. The molecule has 0 saturated carbocycles. The van der Waals surface area contributed by atoms with Gasteiger partial charge in [0.25, 0.3) is 5.91 Å². The van der Waals surface area contributed by atoms with E-state index in [9.17, 15) is 9.59 Å². The Hall–Kier alpha value is -4.13. The summed E-state index contributed by atoms with van der Waals surface area (Å²) >= 11 is 0. The van der Waals surface area contributed by atoms with Crippen molar-refractivity contribution in [3.8, 4) is 11.4 Å². The number of morpholine rings is 1. The van der Waals surface area contributed by atoms with E-state index in [1.165, 1.54) is 0 Å². The Kier molecular flexibility index (Phi) is 9.90. The Bertz CT molecular complexity index is 1300. The number of carbonyl (C=O) groups is 2. The van der Waals surface area contributed by atoms with Gasteiger partial charge in [-0.05, 0) is 75.5 Å². The molecule has 3 N–H and O–H groups in total. The maximum Gasteiger partial charge on any atom is 0.323 e. The number of urea groups is 1. The van der Waals surface area contributed by atoms with Crippen LogP contribution in [0.5, 0.6) is 0 Å². The number of benzene rings is 2. The monoisotopic (exact) mass is 574 g/mol. The molecular formula is C30H38N8O4. The van der Waals surface area contributed by atoms with Crippen LogP contribution in [0, 0.1) is 0 Å². The van der Waals surface area contributed by atoms with Crippen LogP contribution in [0.3, 0.4) is 0 Å². The zero-order valence-electron chi connectivity index (χ0n) is 24.1. The number of amides is 3. The minimum Gasteiger partial charge on any atom is -0.381 e. The predicted molar refractivity (Wildman–Crippen MR) is 161 cm³/mol. The first-order valence-corrected chi connectivity index (χ1v) is 14.3. The summed E-state index contributed by atoms with van der Waals surface area (Å²) < 4.78 is 11.1. The molecule has 0 aliphatic carbocycles. The van der Waals surface area contributed by atoms with Crippen molar-refractivity contribution in [2.24, 2.45) is 0 Å². The Morgan fingerprint density at radius 2 is 1.48 bits per heavy atom. The molecule has 2 fully saturated rings. The van der Waals surface area contributed by atoms with Crippen molar-refractivity contribution in [1.29, 1.82) is 0 Å². The molecule has 12 nitrogen and oxygen atoms in total. The first kappa shape index (κ1) is 29.4. The van der Waals surface area contributed by atoms with Crippen molar-refractivity contribution >= 4 is 29.3 Å². The fraction of sp³-hybridized carbons (Fsp3) is 0.433. The van der Waals surface area contributed by atoms with Gasteiger partial charge in [-0.1, -0.05) is 0 Å². The van der Waals surface area contributed by atoms with Crippen LogP contribution in [-0.4, -0.2) is 98.5 Å². The zero-order chi connectivity index (χ0) is 29.3. The molecule has 3 heterocycles. The van der Waals surface area contributed by atoms with E-state index in [1.54, 1.807) is 24.3 Å². The first-order chi connectivity index (χ1) is 20.4. The van der Waals surface area contributed by atoms with Gasteiger partial charge in [-0.3, -0.25) is 4.79 Å². The summed E-state index contributed by atoms with van der Waals surface area (Å²) in [6.45, 7) is 5.50. The Morgan fingerprint density at radius 3 is 2.12 bits per heavy atom. The van der Waals surface area contributed by atoms with Crippen LogP contribution in [0.1, 0.15) is 34.9 Å². The molecule has 222 valence electrons. The molecule has 3 aromatic rings. The maximum atomic E-state index is 12.6. The Morgan fingerprint density at radius 1 is 0.857 bits per heavy atom. The Labute approximate surface area is 245 Å². The molecule has 0 unspecified atom stereocenters. The van der Waals surface area contributed by atoms with Crippen LogP contribution in [0.15, 0.2) is 48.5 Å². The normalized spacial score (nSPS) is 15.8. The third-order valence-corrected chi connectivity index (χ3v) is 7.17. The third kappa shape index (κ3) is 7.99. The van der Waals surface area contributed by atoms with Gasteiger partial charge in [-0.25, -0.2) is 9.78 Å². The number of hydrogen-bond donors (Lipinski definition) is 3. The van der Waals surface area contributed by atoms with Crippen molar-refractivity contribution in [3.63, 3.8) is 0 Å². The van der Waals surface area contributed by atoms with E-state index in [0.717, 1.165) is 43.9 Å². The summed E-state index contributed by atoms with van der Waals surface area (Å²) in [5, 5.41) is 8.52. The molecule has 12 heteroatoms. The minimum atomic E-state index is -0.387. The van der Waals surface area contributed by atoms with E-state index < -0.39 is 0 Å². The highest BCUT2D eigenvalue weighted by atomic mass is 16.5. The van der Waals surface area contributed by atoms with Crippen LogP contribution in [0.25, 0.3) is 11.4 Å². The van der Waals surface area contributed by atoms with E-state index in [4.69, 9.17) is 24.4 Å². The lowest BCUT2D eigenvalue weighted by Crippen LogP contribution is -2.37. The topological polar surface area (TPSA) is 134 Å². The molecule has 5 rings (SSSR count). The Balaban J connectivity index is 1.22. The fourth-order valence-corrected chi connectivity index (χ4v) is 4.75. The molecule has 0 spiro atoms. The summed E-state index contributed by atoms with van der Waals surface area (Å²) in [5.74, 6) is 2.15. The summed E-state index contributed by atoms with van der Waals surface area (Å²) in [5.41, 5.74) is 2.58. The summed E-state index contributed by atoms with van der Waals surface area (Å²) in [4.78, 5) is 43.5. The van der Waals surface area contributed by atoms with Gasteiger partial charge in [0.15, 0.2) is 5.82 Å². The molecule has 2 aliphatic rings. The van der Waals surface area contributed by atoms with Gasteiger partial charge < -0.3 is 35.2 Å². The summed E-state index contributed by atoms with van der Waals surface area (Å²) in [6.07, 6.45) is 1.77. The number of anilines is 3. The lowest BCUT2D eigenvalue weighted by Gasteiger charge is -2.28. The van der Waals surface area contributed by atoms with E-state index >= 15 is 0 Å². The highest BCUT2D eigenvalue weighted by Gasteiger charge is 2.23. The predicted octanol–water partition coefficient (Wildman–Crippen LogP) is 3.20. The van der Waals surface area contributed by atoms with E-state index in [1.807, 2.05) is 43.3 Å². The fourth-order valence-electron chi connectivity index (χ4n) is 4.75. The largest absolute Gasteiger partial charge is 0.381 e. The third-order valence-electron chi connectivity index (χ3n) is 7.17.